The van der Waals surface area contributed by atoms with Crippen molar-refractivity contribution in [3.63, 3.8) is 0 Å². The van der Waals surface area contributed by atoms with Gasteiger partial charge in [-0.25, -0.2) is 0 Å². The monoisotopic (exact) mass is 517 g/mol. The summed E-state index contributed by atoms with van der Waals surface area (Å²) in [4.78, 5) is 41.4. The lowest BCUT2D eigenvalue weighted by atomic mass is 9.82. The molecule has 0 spiro atoms. The van der Waals surface area contributed by atoms with Crippen molar-refractivity contribution in [2.75, 3.05) is 6.54 Å². The Labute approximate surface area is 227 Å². The van der Waals surface area contributed by atoms with Gasteiger partial charge in [0.1, 0.15) is 6.04 Å². The number of benzene rings is 2. The largest absolute Gasteiger partial charge is 0.369 e. The van der Waals surface area contributed by atoms with Gasteiger partial charge in [0, 0.05) is 24.9 Å². The number of carbonyl (C=O) groups excluding carboxylic acids is 3. The van der Waals surface area contributed by atoms with E-state index in [4.69, 9.17) is 5.73 Å². The van der Waals surface area contributed by atoms with Crippen molar-refractivity contribution in [1.82, 2.24) is 10.2 Å². The Morgan fingerprint density at radius 1 is 1.03 bits per heavy atom. The van der Waals surface area contributed by atoms with E-state index in [1.54, 1.807) is 0 Å². The predicted molar refractivity (Wildman–Crippen MR) is 151 cm³/mol. The molecule has 6 heteroatoms. The van der Waals surface area contributed by atoms with Crippen molar-refractivity contribution < 1.29 is 14.4 Å². The Balaban J connectivity index is 1.46. The third-order valence-electron chi connectivity index (χ3n) is 8.12. The topological polar surface area (TPSA) is 92.5 Å². The number of primary amides is 1. The Hall–Kier alpha value is -3.15. The van der Waals surface area contributed by atoms with Gasteiger partial charge < -0.3 is 16.0 Å². The number of carbonyl (C=O) groups is 3. The maximum Gasteiger partial charge on any atom is 0.245 e. The van der Waals surface area contributed by atoms with Crippen LogP contribution in [0.25, 0.3) is 11.1 Å². The van der Waals surface area contributed by atoms with E-state index in [1.165, 1.54) is 5.56 Å². The molecule has 3 atom stereocenters. The van der Waals surface area contributed by atoms with Crippen LogP contribution in [0.15, 0.2) is 48.5 Å². The summed E-state index contributed by atoms with van der Waals surface area (Å²) in [6.45, 7) is 5.33. The Bertz CT molecular complexity index is 1110. The number of hydrogen-bond acceptors (Lipinski definition) is 3. The zero-order chi connectivity index (χ0) is 27.1. The number of likely N-dealkylation sites (tertiary alicyclic amines) is 1. The SMILES string of the molecule is CCCCC(C(N)=O)C(CC1CC1)C(=O)N[C@H]1CCCCN(Cc2cccc(-c3ccc(C)cc3)c2)C1=O. The predicted octanol–water partition coefficient (Wildman–Crippen LogP) is 5.37. The second kappa shape index (κ2) is 13.1. The fourth-order valence-electron chi connectivity index (χ4n) is 5.62. The van der Waals surface area contributed by atoms with Crippen LogP contribution < -0.4 is 11.1 Å². The van der Waals surface area contributed by atoms with Crippen molar-refractivity contribution in [1.29, 1.82) is 0 Å². The van der Waals surface area contributed by atoms with Crippen LogP contribution in [-0.2, 0) is 20.9 Å². The highest BCUT2D eigenvalue weighted by Crippen LogP contribution is 2.38. The number of aryl methyl sites for hydroxylation is 1. The first-order valence-corrected chi connectivity index (χ1v) is 14.4. The Morgan fingerprint density at radius 3 is 2.47 bits per heavy atom. The molecule has 2 unspecified atom stereocenters. The molecule has 0 radical (unpaired) electrons. The molecule has 1 heterocycles. The number of rotatable bonds is 12. The van der Waals surface area contributed by atoms with Crippen molar-refractivity contribution in [2.45, 2.75) is 84.2 Å². The summed E-state index contributed by atoms with van der Waals surface area (Å²) in [5.41, 5.74) is 10.3. The van der Waals surface area contributed by atoms with E-state index in [-0.39, 0.29) is 11.8 Å². The minimum absolute atomic E-state index is 0.0362. The summed E-state index contributed by atoms with van der Waals surface area (Å²) < 4.78 is 0. The summed E-state index contributed by atoms with van der Waals surface area (Å²) >= 11 is 0. The van der Waals surface area contributed by atoms with E-state index in [9.17, 15) is 14.4 Å². The third-order valence-corrected chi connectivity index (χ3v) is 8.12. The number of unbranched alkanes of at least 4 members (excludes halogenated alkanes) is 1. The van der Waals surface area contributed by atoms with E-state index < -0.39 is 23.8 Å². The number of nitrogens with two attached hydrogens (primary N) is 1. The van der Waals surface area contributed by atoms with Crippen molar-refractivity contribution in [2.24, 2.45) is 23.5 Å². The highest BCUT2D eigenvalue weighted by Gasteiger charge is 2.39. The first-order valence-electron chi connectivity index (χ1n) is 14.4. The van der Waals surface area contributed by atoms with Crippen LogP contribution in [0.2, 0.25) is 0 Å². The highest BCUT2D eigenvalue weighted by molar-refractivity contribution is 5.91. The molecule has 6 nitrogen and oxygen atoms in total. The van der Waals surface area contributed by atoms with Gasteiger partial charge in [-0.15, -0.1) is 0 Å². The minimum Gasteiger partial charge on any atom is -0.369 e. The van der Waals surface area contributed by atoms with Gasteiger partial charge in [0.25, 0.3) is 0 Å². The number of nitrogens with zero attached hydrogens (tertiary/aromatic N) is 1. The summed E-state index contributed by atoms with van der Waals surface area (Å²) in [6.07, 6.45) is 7.71. The van der Waals surface area contributed by atoms with Gasteiger partial charge in [-0.1, -0.05) is 80.6 Å². The van der Waals surface area contributed by atoms with E-state index >= 15 is 0 Å². The van der Waals surface area contributed by atoms with Crippen LogP contribution in [0.5, 0.6) is 0 Å². The molecule has 1 aliphatic heterocycles. The second-order valence-electron chi connectivity index (χ2n) is 11.3. The highest BCUT2D eigenvalue weighted by atomic mass is 16.2. The van der Waals surface area contributed by atoms with Crippen LogP contribution in [-0.4, -0.2) is 35.2 Å². The molecule has 1 saturated carbocycles. The average molecular weight is 518 g/mol. The van der Waals surface area contributed by atoms with Crippen LogP contribution in [0.3, 0.4) is 0 Å². The van der Waals surface area contributed by atoms with Gasteiger partial charge in [-0.05, 0) is 67.7 Å². The van der Waals surface area contributed by atoms with Crippen molar-refractivity contribution in [3.8, 4) is 11.1 Å². The molecule has 0 aromatic heterocycles. The van der Waals surface area contributed by atoms with Gasteiger partial charge >= 0.3 is 0 Å². The molecule has 3 N–H and O–H groups in total. The summed E-state index contributed by atoms with van der Waals surface area (Å²) in [5.74, 6) is -1.07. The normalized spacial score (nSPS) is 19.5. The molecule has 204 valence electrons. The van der Waals surface area contributed by atoms with Gasteiger partial charge in [-0.3, -0.25) is 14.4 Å². The molecule has 2 aliphatic rings. The van der Waals surface area contributed by atoms with Crippen LogP contribution >= 0.6 is 0 Å². The number of hydrogen-bond donors (Lipinski definition) is 2. The van der Waals surface area contributed by atoms with E-state index in [2.05, 4.69) is 61.6 Å². The quantitative estimate of drug-likeness (QED) is 0.397. The Kier molecular flexibility index (Phi) is 9.59. The van der Waals surface area contributed by atoms with E-state index in [0.717, 1.165) is 55.2 Å². The van der Waals surface area contributed by atoms with Gasteiger partial charge in [0.15, 0.2) is 0 Å². The molecule has 0 bridgehead atoms. The van der Waals surface area contributed by atoms with Crippen LogP contribution in [0, 0.1) is 24.7 Å². The molecule has 3 amide bonds. The molecule has 38 heavy (non-hydrogen) atoms. The summed E-state index contributed by atoms with van der Waals surface area (Å²) in [6, 6.07) is 16.2. The number of amides is 3. The second-order valence-corrected chi connectivity index (χ2v) is 11.3. The molecule has 2 aromatic carbocycles. The fraction of sp³-hybridized carbons (Fsp3) is 0.531. The molecule has 2 fully saturated rings. The smallest absolute Gasteiger partial charge is 0.245 e. The fourth-order valence-corrected chi connectivity index (χ4v) is 5.62. The molecular weight excluding hydrogens is 474 g/mol. The van der Waals surface area contributed by atoms with Gasteiger partial charge in [0.05, 0.1) is 0 Å². The van der Waals surface area contributed by atoms with E-state index in [0.29, 0.717) is 38.3 Å². The standard InChI is InChI=1S/C32H43N3O3/c1-3-4-10-27(30(33)36)28(20-23-14-15-23)31(37)34-29-11-5-6-18-35(32(29)38)21-24-8-7-9-26(19-24)25-16-12-22(2)13-17-25/h7-9,12-13,16-17,19,23,27-29H,3-6,10-11,14-15,18,20-21H2,1-2H3,(H2,33,36)(H,34,37)/t27?,28?,29-/m0/s1. The minimum atomic E-state index is -0.563. The van der Waals surface area contributed by atoms with Gasteiger partial charge in [0.2, 0.25) is 17.7 Å². The lowest BCUT2D eigenvalue weighted by molar-refractivity contribution is -0.139. The van der Waals surface area contributed by atoms with Crippen LogP contribution in [0.4, 0.5) is 0 Å². The summed E-state index contributed by atoms with van der Waals surface area (Å²) in [7, 11) is 0. The maximum absolute atomic E-state index is 13.6. The molecule has 1 aliphatic carbocycles. The van der Waals surface area contributed by atoms with Crippen LogP contribution in [0.1, 0.15) is 75.8 Å². The molecule has 4 rings (SSSR count). The lowest BCUT2D eigenvalue weighted by Crippen LogP contribution is -2.50. The zero-order valence-electron chi connectivity index (χ0n) is 23.0. The first-order chi connectivity index (χ1) is 18.4. The van der Waals surface area contributed by atoms with E-state index in [1.807, 2.05) is 11.0 Å². The summed E-state index contributed by atoms with van der Waals surface area (Å²) in [5, 5.41) is 3.07. The molecule has 2 aromatic rings. The Morgan fingerprint density at radius 2 is 1.79 bits per heavy atom. The maximum atomic E-state index is 13.6. The van der Waals surface area contributed by atoms with Gasteiger partial charge in [-0.2, -0.15) is 0 Å². The van der Waals surface area contributed by atoms with Crippen molar-refractivity contribution in [3.05, 3.63) is 59.7 Å². The zero-order valence-corrected chi connectivity index (χ0v) is 23.0. The lowest BCUT2D eigenvalue weighted by Gasteiger charge is -2.28. The molecule has 1 saturated heterocycles. The number of nitrogens with one attached hydrogen (secondary N) is 1. The first kappa shape index (κ1) is 27.9. The third kappa shape index (κ3) is 7.46. The van der Waals surface area contributed by atoms with Crippen molar-refractivity contribution >= 4 is 17.7 Å². The average Bonchev–Trinajstić information content (AvgIpc) is 3.74. The molecular formula is C32H43N3O3.